The highest BCUT2D eigenvalue weighted by atomic mass is 16.5. The summed E-state index contributed by atoms with van der Waals surface area (Å²) in [6.07, 6.45) is 6.62. The fourth-order valence-corrected chi connectivity index (χ4v) is 2.87. The second-order valence-corrected chi connectivity index (χ2v) is 5.45. The van der Waals surface area contributed by atoms with Crippen LogP contribution in [0.15, 0.2) is 10.6 Å². The highest BCUT2D eigenvalue weighted by Gasteiger charge is 2.20. The van der Waals surface area contributed by atoms with E-state index < -0.39 is 0 Å². The van der Waals surface area contributed by atoms with Crippen molar-refractivity contribution in [2.24, 2.45) is 0 Å². The number of aromatic nitrogens is 1. The van der Waals surface area contributed by atoms with Crippen molar-refractivity contribution in [1.82, 2.24) is 15.4 Å². The quantitative estimate of drug-likeness (QED) is 0.858. The predicted molar refractivity (Wildman–Crippen MR) is 76.8 cm³/mol. The highest BCUT2D eigenvalue weighted by molar-refractivity contribution is 5.05. The molecule has 1 aromatic rings. The van der Waals surface area contributed by atoms with Crippen LogP contribution in [-0.4, -0.2) is 29.2 Å². The Balaban J connectivity index is 1.92. The molecule has 2 rings (SSSR count). The number of hydrogen-bond acceptors (Lipinski definition) is 4. The van der Waals surface area contributed by atoms with Crippen molar-refractivity contribution in [3.63, 3.8) is 0 Å². The van der Waals surface area contributed by atoms with Crippen molar-refractivity contribution in [2.75, 3.05) is 13.1 Å². The van der Waals surface area contributed by atoms with Gasteiger partial charge in [0, 0.05) is 18.7 Å². The number of hydrogen-bond donors (Lipinski definition) is 1. The third-order valence-corrected chi connectivity index (χ3v) is 3.99. The maximum Gasteiger partial charge on any atom is 0.151 e. The Bertz CT molecular complexity index is 364. The van der Waals surface area contributed by atoms with E-state index in [1.54, 1.807) is 0 Å². The summed E-state index contributed by atoms with van der Waals surface area (Å²) in [7, 11) is 0. The van der Waals surface area contributed by atoms with Crippen LogP contribution in [-0.2, 0) is 13.1 Å². The molecule has 0 saturated carbocycles. The van der Waals surface area contributed by atoms with Gasteiger partial charge in [0.25, 0.3) is 0 Å². The molecule has 1 N–H and O–H groups in total. The molecular weight excluding hydrogens is 238 g/mol. The van der Waals surface area contributed by atoms with Crippen LogP contribution < -0.4 is 5.32 Å². The standard InChI is InChI=1S/C15H27N3O/c1-3-14-8-6-5-7-9-18(14)12-15-10-13(17-19-15)11-16-4-2/h10,14,16H,3-9,11-12H2,1-2H3. The summed E-state index contributed by atoms with van der Waals surface area (Å²) in [6, 6.07) is 2.81. The molecule has 0 bridgehead atoms. The van der Waals surface area contributed by atoms with E-state index in [1.807, 2.05) is 0 Å². The van der Waals surface area contributed by atoms with Crippen LogP contribution in [0.5, 0.6) is 0 Å². The molecule has 0 radical (unpaired) electrons. The van der Waals surface area contributed by atoms with Crippen LogP contribution in [0.25, 0.3) is 0 Å². The Hall–Kier alpha value is -0.870. The normalized spacial score (nSPS) is 21.5. The van der Waals surface area contributed by atoms with Gasteiger partial charge in [0.2, 0.25) is 0 Å². The van der Waals surface area contributed by atoms with Crippen molar-refractivity contribution < 1.29 is 4.52 Å². The molecule has 0 aliphatic carbocycles. The van der Waals surface area contributed by atoms with E-state index in [4.69, 9.17) is 4.52 Å². The molecule has 1 unspecified atom stereocenters. The lowest BCUT2D eigenvalue weighted by Gasteiger charge is -2.27. The molecule has 1 fully saturated rings. The number of nitrogens with one attached hydrogen (secondary N) is 1. The van der Waals surface area contributed by atoms with Gasteiger partial charge in [-0.2, -0.15) is 0 Å². The van der Waals surface area contributed by atoms with Crippen molar-refractivity contribution >= 4 is 0 Å². The average Bonchev–Trinajstić information content (AvgIpc) is 2.74. The summed E-state index contributed by atoms with van der Waals surface area (Å²) < 4.78 is 5.47. The Morgan fingerprint density at radius 1 is 1.37 bits per heavy atom. The van der Waals surface area contributed by atoms with Crippen molar-refractivity contribution in [1.29, 1.82) is 0 Å². The first-order valence-electron chi connectivity index (χ1n) is 7.72. The summed E-state index contributed by atoms with van der Waals surface area (Å²) >= 11 is 0. The minimum atomic E-state index is 0.713. The van der Waals surface area contributed by atoms with E-state index in [0.29, 0.717) is 6.04 Å². The van der Waals surface area contributed by atoms with Gasteiger partial charge in [0.1, 0.15) is 0 Å². The fraction of sp³-hybridized carbons (Fsp3) is 0.800. The minimum absolute atomic E-state index is 0.713. The maximum absolute atomic E-state index is 5.47. The van der Waals surface area contributed by atoms with Gasteiger partial charge in [-0.3, -0.25) is 4.90 Å². The van der Waals surface area contributed by atoms with E-state index >= 15 is 0 Å². The Morgan fingerprint density at radius 2 is 2.26 bits per heavy atom. The molecule has 0 amide bonds. The van der Waals surface area contributed by atoms with E-state index in [9.17, 15) is 0 Å². The minimum Gasteiger partial charge on any atom is -0.360 e. The smallest absolute Gasteiger partial charge is 0.151 e. The van der Waals surface area contributed by atoms with Gasteiger partial charge in [-0.1, -0.05) is 31.8 Å². The molecule has 1 aliphatic rings. The summed E-state index contributed by atoms with van der Waals surface area (Å²) in [4.78, 5) is 2.57. The zero-order chi connectivity index (χ0) is 13.5. The lowest BCUT2D eigenvalue weighted by Crippen LogP contribution is -2.33. The largest absolute Gasteiger partial charge is 0.360 e. The first-order chi connectivity index (χ1) is 9.33. The molecule has 1 saturated heterocycles. The number of nitrogens with zero attached hydrogens (tertiary/aromatic N) is 2. The molecule has 1 aliphatic heterocycles. The molecule has 1 atom stereocenters. The maximum atomic E-state index is 5.47. The van der Waals surface area contributed by atoms with Crippen LogP contribution in [0, 0.1) is 0 Å². The third kappa shape index (κ3) is 4.32. The second kappa shape index (κ2) is 7.65. The molecule has 4 nitrogen and oxygen atoms in total. The molecule has 0 aromatic carbocycles. The first-order valence-corrected chi connectivity index (χ1v) is 7.72. The summed E-state index contributed by atoms with van der Waals surface area (Å²) in [5, 5.41) is 7.40. The molecule has 0 spiro atoms. The lowest BCUT2D eigenvalue weighted by molar-refractivity contribution is 0.166. The highest BCUT2D eigenvalue weighted by Crippen LogP contribution is 2.21. The van der Waals surface area contributed by atoms with Gasteiger partial charge in [-0.05, 0) is 32.4 Å². The number of likely N-dealkylation sites (tertiary alicyclic amines) is 1. The molecule has 4 heteroatoms. The summed E-state index contributed by atoms with van der Waals surface area (Å²) in [5.74, 6) is 1.01. The molecule has 2 heterocycles. The van der Waals surface area contributed by atoms with Gasteiger partial charge < -0.3 is 9.84 Å². The van der Waals surface area contributed by atoms with Crippen LogP contribution >= 0.6 is 0 Å². The Labute approximate surface area is 116 Å². The van der Waals surface area contributed by atoms with Crippen molar-refractivity contribution in [2.45, 2.75) is 65.1 Å². The van der Waals surface area contributed by atoms with E-state index in [0.717, 1.165) is 31.1 Å². The molecule has 1 aromatic heterocycles. The lowest BCUT2D eigenvalue weighted by atomic mass is 10.1. The Kier molecular flexibility index (Phi) is 5.86. The zero-order valence-electron chi connectivity index (χ0n) is 12.3. The fourth-order valence-electron chi connectivity index (χ4n) is 2.87. The van der Waals surface area contributed by atoms with Crippen LogP contribution in [0.2, 0.25) is 0 Å². The predicted octanol–water partition coefficient (Wildman–Crippen LogP) is 2.94. The van der Waals surface area contributed by atoms with Crippen LogP contribution in [0.1, 0.15) is 57.4 Å². The molecular formula is C15H27N3O. The van der Waals surface area contributed by atoms with E-state index in [2.05, 4.69) is 35.3 Å². The van der Waals surface area contributed by atoms with E-state index in [-0.39, 0.29) is 0 Å². The molecule has 19 heavy (non-hydrogen) atoms. The van der Waals surface area contributed by atoms with Gasteiger partial charge in [-0.25, -0.2) is 0 Å². The van der Waals surface area contributed by atoms with Gasteiger partial charge in [-0.15, -0.1) is 0 Å². The topological polar surface area (TPSA) is 41.3 Å². The third-order valence-electron chi connectivity index (χ3n) is 3.99. The second-order valence-electron chi connectivity index (χ2n) is 5.45. The van der Waals surface area contributed by atoms with Gasteiger partial charge in [0.05, 0.1) is 12.2 Å². The van der Waals surface area contributed by atoms with Crippen molar-refractivity contribution in [3.8, 4) is 0 Å². The monoisotopic (exact) mass is 265 g/mol. The SMILES string of the molecule is CCNCc1cc(CN2CCCCCC2CC)on1. The van der Waals surface area contributed by atoms with Crippen molar-refractivity contribution in [3.05, 3.63) is 17.5 Å². The Morgan fingerprint density at radius 3 is 3.05 bits per heavy atom. The van der Waals surface area contributed by atoms with Crippen LogP contribution in [0.3, 0.4) is 0 Å². The van der Waals surface area contributed by atoms with Gasteiger partial charge in [0.15, 0.2) is 5.76 Å². The first kappa shape index (κ1) is 14.5. The van der Waals surface area contributed by atoms with Gasteiger partial charge >= 0.3 is 0 Å². The van der Waals surface area contributed by atoms with E-state index in [1.165, 1.54) is 38.6 Å². The summed E-state index contributed by atoms with van der Waals surface area (Å²) in [5.41, 5.74) is 1.01. The number of rotatable bonds is 6. The molecule has 108 valence electrons. The van der Waals surface area contributed by atoms with Crippen LogP contribution in [0.4, 0.5) is 0 Å². The zero-order valence-corrected chi connectivity index (χ0v) is 12.3. The summed E-state index contributed by atoms with van der Waals surface area (Å²) in [6.45, 7) is 8.27. The average molecular weight is 265 g/mol.